The molecule has 7 nitrogen and oxygen atoms in total. The molecule has 3 heterocycles. The molecule has 0 spiro atoms. The summed E-state index contributed by atoms with van der Waals surface area (Å²) in [5.41, 5.74) is 1.40. The van der Waals surface area contributed by atoms with Gasteiger partial charge in [-0.15, -0.1) is 48.6 Å². The van der Waals surface area contributed by atoms with Crippen molar-refractivity contribution in [3.8, 4) is 10.6 Å². The molecule has 3 N–H and O–H groups in total. The summed E-state index contributed by atoms with van der Waals surface area (Å²) in [7, 11) is 0. The molecule has 0 radical (unpaired) electrons. The maximum atomic E-state index is 12.7. The largest absolute Gasteiger partial charge is 0.354 e. The highest BCUT2D eigenvalue weighted by Gasteiger charge is 2.25. The number of carbonyl (C=O) groups is 1. The Hall–Kier alpha value is -1.39. The number of thiophene rings is 1. The van der Waals surface area contributed by atoms with Gasteiger partial charge in [0.1, 0.15) is 5.69 Å². The second kappa shape index (κ2) is 14.0. The zero-order valence-electron chi connectivity index (χ0n) is 20.0. The van der Waals surface area contributed by atoms with Crippen LogP contribution in [0.2, 0.25) is 5.02 Å². The van der Waals surface area contributed by atoms with Gasteiger partial charge in [0.2, 0.25) is 5.95 Å². The number of aromatic nitrogens is 2. The first-order valence-electron chi connectivity index (χ1n) is 11.6. The van der Waals surface area contributed by atoms with Crippen molar-refractivity contribution in [2.75, 3.05) is 38.0 Å². The third kappa shape index (κ3) is 7.34. The summed E-state index contributed by atoms with van der Waals surface area (Å²) in [5, 5.41) is 11.3. The topological polar surface area (TPSA) is 82.2 Å². The maximum Gasteiger partial charge on any atom is 0.252 e. The van der Waals surface area contributed by atoms with Gasteiger partial charge in [0.25, 0.3) is 5.91 Å². The number of hydrogen-bond donors (Lipinski definition) is 3. The van der Waals surface area contributed by atoms with E-state index in [0.29, 0.717) is 34.3 Å². The van der Waals surface area contributed by atoms with E-state index in [1.54, 1.807) is 17.5 Å². The molecule has 1 amide bonds. The molecule has 0 bridgehead atoms. The molecule has 1 atom stereocenters. The first kappa shape index (κ1) is 30.8. The summed E-state index contributed by atoms with van der Waals surface area (Å²) in [6, 6.07) is 8.75. The smallest absolute Gasteiger partial charge is 0.252 e. The van der Waals surface area contributed by atoms with E-state index in [1.807, 2.05) is 24.3 Å². The van der Waals surface area contributed by atoms with Crippen LogP contribution in [0.1, 0.15) is 36.5 Å². The number of benzene rings is 1. The van der Waals surface area contributed by atoms with Gasteiger partial charge in [-0.25, -0.2) is 9.97 Å². The molecule has 0 unspecified atom stereocenters. The molecular weight excluding hydrogens is 562 g/mol. The number of nitrogens with zero attached hydrogens (tertiary/aromatic N) is 3. The van der Waals surface area contributed by atoms with E-state index in [-0.39, 0.29) is 43.1 Å². The summed E-state index contributed by atoms with van der Waals surface area (Å²) < 4.78 is 1.04. The Bertz CT molecular complexity index is 1160. The van der Waals surface area contributed by atoms with Gasteiger partial charge < -0.3 is 16.0 Å². The molecule has 36 heavy (non-hydrogen) atoms. The van der Waals surface area contributed by atoms with Crippen LogP contribution in [0.3, 0.4) is 0 Å². The monoisotopic (exact) mass is 592 g/mol. The number of rotatable bonds is 8. The van der Waals surface area contributed by atoms with Crippen molar-refractivity contribution in [3.05, 3.63) is 41.0 Å². The highest BCUT2D eigenvalue weighted by atomic mass is 35.5. The van der Waals surface area contributed by atoms with Crippen LogP contribution in [0.25, 0.3) is 20.7 Å². The van der Waals surface area contributed by atoms with E-state index in [4.69, 9.17) is 16.6 Å². The standard InChI is InChI=1S/C24H29ClN6OS.3ClH/c1-15-13-26-9-11-31(15)10-3-8-27-24-28-14-19(25)22(30-24)21-12-18-17(4-2-5-20(18)33-21)23(32)29-16-6-7-16;;;/h2,4-5,12,14-16,26H,3,6-11,13H2,1H3,(H,29,32)(H,27,28,30);3*1H/t15-;;;/m1.../s1. The lowest BCUT2D eigenvalue weighted by Crippen LogP contribution is -2.50. The Kier molecular flexibility index (Phi) is 12.0. The fourth-order valence-corrected chi connectivity index (χ4v) is 5.53. The number of carbonyl (C=O) groups excluding carboxylic acids is 1. The normalized spacial score (nSPS) is 17.4. The Morgan fingerprint density at radius 1 is 1.28 bits per heavy atom. The lowest BCUT2D eigenvalue weighted by molar-refractivity contribution is 0.0953. The van der Waals surface area contributed by atoms with E-state index in [9.17, 15) is 4.79 Å². The predicted molar refractivity (Wildman–Crippen MR) is 157 cm³/mol. The summed E-state index contributed by atoms with van der Waals surface area (Å²) >= 11 is 8.07. The van der Waals surface area contributed by atoms with E-state index in [2.05, 4.69) is 32.8 Å². The fraction of sp³-hybridized carbons (Fsp3) is 0.458. The van der Waals surface area contributed by atoms with Gasteiger partial charge in [0.15, 0.2) is 0 Å². The quantitative estimate of drug-likeness (QED) is 0.309. The number of halogens is 4. The Morgan fingerprint density at radius 3 is 2.83 bits per heavy atom. The minimum absolute atomic E-state index is 0. The van der Waals surface area contributed by atoms with E-state index < -0.39 is 0 Å². The number of amides is 1. The first-order valence-corrected chi connectivity index (χ1v) is 12.8. The van der Waals surface area contributed by atoms with Gasteiger partial charge >= 0.3 is 0 Å². The maximum absolute atomic E-state index is 12.7. The second-order valence-electron chi connectivity index (χ2n) is 8.84. The zero-order valence-corrected chi connectivity index (χ0v) is 24.0. The minimum atomic E-state index is -0.0117. The molecule has 198 valence electrons. The predicted octanol–water partition coefficient (Wildman–Crippen LogP) is 5.27. The summed E-state index contributed by atoms with van der Waals surface area (Å²) in [4.78, 5) is 25.2. The molecule has 3 aromatic rings. The molecule has 1 aliphatic carbocycles. The van der Waals surface area contributed by atoms with Gasteiger partial charge in [-0.2, -0.15) is 0 Å². The Labute approximate surface area is 239 Å². The Balaban J connectivity index is 0.00000152. The van der Waals surface area contributed by atoms with E-state index in [1.165, 1.54) is 0 Å². The number of nitrogens with one attached hydrogen (secondary N) is 3. The number of anilines is 1. The zero-order chi connectivity index (χ0) is 22.8. The molecule has 5 rings (SSSR count). The van der Waals surface area contributed by atoms with Crippen LogP contribution in [0.15, 0.2) is 30.5 Å². The van der Waals surface area contributed by atoms with Crippen LogP contribution in [0, 0.1) is 0 Å². The highest BCUT2D eigenvalue weighted by molar-refractivity contribution is 7.22. The van der Waals surface area contributed by atoms with Crippen molar-refractivity contribution >= 4 is 82.1 Å². The lowest BCUT2D eigenvalue weighted by atomic mass is 10.1. The van der Waals surface area contributed by atoms with Crippen LogP contribution >= 0.6 is 60.2 Å². The number of piperazine rings is 1. The molecule has 2 fully saturated rings. The number of hydrogen-bond acceptors (Lipinski definition) is 7. The molecular formula is C24H32Cl4N6OS. The van der Waals surface area contributed by atoms with Crippen LogP contribution in [0.5, 0.6) is 0 Å². The summed E-state index contributed by atoms with van der Waals surface area (Å²) in [6.45, 7) is 7.32. The molecule has 2 aliphatic rings. The Morgan fingerprint density at radius 2 is 2.08 bits per heavy atom. The van der Waals surface area contributed by atoms with Crippen molar-refractivity contribution < 1.29 is 4.79 Å². The average Bonchev–Trinajstić information content (AvgIpc) is 3.52. The molecule has 1 aliphatic heterocycles. The van der Waals surface area contributed by atoms with Gasteiger partial charge in [0, 0.05) is 60.5 Å². The van der Waals surface area contributed by atoms with Crippen LogP contribution in [-0.4, -0.2) is 65.6 Å². The van der Waals surface area contributed by atoms with Crippen molar-refractivity contribution in [2.45, 2.75) is 38.3 Å². The lowest BCUT2D eigenvalue weighted by Gasteiger charge is -2.33. The van der Waals surface area contributed by atoms with Crippen LogP contribution in [0.4, 0.5) is 5.95 Å². The molecule has 2 aromatic heterocycles. The third-order valence-corrected chi connectivity index (χ3v) is 7.62. The van der Waals surface area contributed by atoms with Crippen LogP contribution < -0.4 is 16.0 Å². The SMILES string of the molecule is C[C@@H]1CNCCN1CCCNc1ncc(Cl)c(-c2cc3c(C(=O)NC4CC4)cccc3s2)n1.Cl.Cl.Cl. The molecule has 1 saturated heterocycles. The second-order valence-corrected chi connectivity index (χ2v) is 10.3. The van der Waals surface area contributed by atoms with Gasteiger partial charge in [0.05, 0.1) is 16.1 Å². The molecule has 1 aromatic carbocycles. The van der Waals surface area contributed by atoms with Crippen molar-refractivity contribution in [1.82, 2.24) is 25.5 Å². The fourth-order valence-electron chi connectivity index (χ4n) is 4.19. The highest BCUT2D eigenvalue weighted by Crippen LogP contribution is 2.37. The summed E-state index contributed by atoms with van der Waals surface area (Å²) in [6.07, 6.45) is 4.80. The van der Waals surface area contributed by atoms with Gasteiger partial charge in [-0.3, -0.25) is 9.69 Å². The van der Waals surface area contributed by atoms with Crippen molar-refractivity contribution in [1.29, 1.82) is 0 Å². The molecule has 12 heteroatoms. The van der Waals surface area contributed by atoms with Crippen molar-refractivity contribution in [3.63, 3.8) is 0 Å². The van der Waals surface area contributed by atoms with Crippen molar-refractivity contribution in [2.24, 2.45) is 0 Å². The summed E-state index contributed by atoms with van der Waals surface area (Å²) in [5.74, 6) is 0.564. The van der Waals surface area contributed by atoms with Crippen LogP contribution in [-0.2, 0) is 0 Å². The number of fused-ring (bicyclic) bond motifs is 1. The third-order valence-electron chi connectivity index (χ3n) is 6.24. The minimum Gasteiger partial charge on any atom is -0.354 e. The van der Waals surface area contributed by atoms with Gasteiger partial charge in [-0.1, -0.05) is 17.7 Å². The van der Waals surface area contributed by atoms with E-state index >= 15 is 0 Å². The first-order chi connectivity index (χ1) is 16.1. The van der Waals surface area contributed by atoms with Gasteiger partial charge in [-0.05, 0) is 44.4 Å². The molecule has 1 saturated carbocycles. The average molecular weight is 594 g/mol. The van der Waals surface area contributed by atoms with E-state index in [0.717, 1.165) is 66.9 Å².